The average molecular weight is 323 g/mol. The van der Waals surface area contributed by atoms with Crippen LogP contribution < -0.4 is 0 Å². The molecular weight excluding hydrogens is 308 g/mol. The maximum atomic E-state index is 12.1. The van der Waals surface area contributed by atoms with E-state index in [9.17, 15) is 8.42 Å². The van der Waals surface area contributed by atoms with Crippen molar-refractivity contribution in [2.24, 2.45) is 0 Å². The van der Waals surface area contributed by atoms with Crippen LogP contribution >= 0.6 is 15.9 Å². The second kappa shape index (κ2) is 6.44. The van der Waals surface area contributed by atoms with E-state index >= 15 is 0 Å². The minimum absolute atomic E-state index is 0.172. The van der Waals surface area contributed by atoms with E-state index in [0.29, 0.717) is 24.2 Å². The van der Waals surface area contributed by atoms with Crippen LogP contribution in [0.25, 0.3) is 0 Å². The SMILES string of the molecule is CCOCCN(C)S(=O)(=O)c1cncc(Br)c1. The molecule has 0 aromatic carbocycles. The normalized spacial score (nSPS) is 12.0. The predicted octanol–water partition coefficient (Wildman–Crippen LogP) is 1.50. The third kappa shape index (κ3) is 4.02. The van der Waals surface area contributed by atoms with Crippen LogP contribution in [0.5, 0.6) is 0 Å². The molecule has 0 saturated carbocycles. The van der Waals surface area contributed by atoms with Gasteiger partial charge in [-0.3, -0.25) is 4.98 Å². The molecule has 17 heavy (non-hydrogen) atoms. The molecule has 0 aliphatic rings. The van der Waals surface area contributed by atoms with Gasteiger partial charge in [-0.15, -0.1) is 0 Å². The molecule has 7 heteroatoms. The number of aromatic nitrogens is 1. The van der Waals surface area contributed by atoms with E-state index in [1.165, 1.54) is 23.6 Å². The Morgan fingerprint density at radius 3 is 2.76 bits per heavy atom. The fraction of sp³-hybridized carbons (Fsp3) is 0.500. The van der Waals surface area contributed by atoms with Gasteiger partial charge in [0.15, 0.2) is 0 Å². The van der Waals surface area contributed by atoms with Gasteiger partial charge in [0.1, 0.15) is 4.90 Å². The summed E-state index contributed by atoms with van der Waals surface area (Å²) in [4.78, 5) is 4.02. The van der Waals surface area contributed by atoms with E-state index in [0.717, 1.165) is 0 Å². The van der Waals surface area contributed by atoms with Gasteiger partial charge in [0.25, 0.3) is 0 Å². The lowest BCUT2D eigenvalue weighted by atomic mass is 10.5. The molecule has 0 aliphatic carbocycles. The number of sulfonamides is 1. The molecule has 1 aromatic heterocycles. The van der Waals surface area contributed by atoms with Gasteiger partial charge in [-0.05, 0) is 28.9 Å². The monoisotopic (exact) mass is 322 g/mol. The number of likely N-dealkylation sites (N-methyl/N-ethyl adjacent to an activating group) is 1. The van der Waals surface area contributed by atoms with Crippen molar-refractivity contribution in [2.45, 2.75) is 11.8 Å². The fourth-order valence-electron chi connectivity index (χ4n) is 1.17. The first-order chi connectivity index (χ1) is 7.98. The van der Waals surface area contributed by atoms with E-state index in [1.54, 1.807) is 6.20 Å². The van der Waals surface area contributed by atoms with Crippen molar-refractivity contribution < 1.29 is 13.2 Å². The summed E-state index contributed by atoms with van der Waals surface area (Å²) in [6.45, 7) is 3.15. The Labute approximate surface area is 110 Å². The number of pyridine rings is 1. The molecule has 0 spiro atoms. The van der Waals surface area contributed by atoms with Crippen LogP contribution in [-0.4, -0.2) is 44.5 Å². The summed E-state index contributed by atoms with van der Waals surface area (Å²) < 4.78 is 31.2. The molecular formula is C10H15BrN2O3S. The van der Waals surface area contributed by atoms with Crippen LogP contribution in [0.4, 0.5) is 0 Å². The highest BCUT2D eigenvalue weighted by Crippen LogP contribution is 2.17. The quantitative estimate of drug-likeness (QED) is 0.745. The Morgan fingerprint density at radius 1 is 1.47 bits per heavy atom. The topological polar surface area (TPSA) is 59.5 Å². The third-order valence-electron chi connectivity index (χ3n) is 2.14. The zero-order chi connectivity index (χ0) is 12.9. The Morgan fingerprint density at radius 2 is 2.18 bits per heavy atom. The number of halogens is 1. The summed E-state index contributed by atoms with van der Waals surface area (Å²) in [5, 5.41) is 0. The molecule has 0 fully saturated rings. The van der Waals surface area contributed by atoms with Gasteiger partial charge in [-0.25, -0.2) is 8.42 Å². The van der Waals surface area contributed by atoms with Gasteiger partial charge in [0.2, 0.25) is 10.0 Å². The number of rotatable bonds is 6. The fourth-order valence-corrected chi connectivity index (χ4v) is 2.83. The first-order valence-corrected chi connectivity index (χ1v) is 7.36. The van der Waals surface area contributed by atoms with Gasteiger partial charge < -0.3 is 4.74 Å². The molecule has 0 saturated heterocycles. The first-order valence-electron chi connectivity index (χ1n) is 5.13. The van der Waals surface area contributed by atoms with Gasteiger partial charge in [-0.1, -0.05) is 0 Å². The zero-order valence-electron chi connectivity index (χ0n) is 9.76. The Bertz CT molecular complexity index is 464. The van der Waals surface area contributed by atoms with E-state index in [-0.39, 0.29) is 4.90 Å². The smallest absolute Gasteiger partial charge is 0.244 e. The van der Waals surface area contributed by atoms with Crippen molar-refractivity contribution in [3.63, 3.8) is 0 Å². The largest absolute Gasteiger partial charge is 0.380 e. The molecule has 1 aromatic rings. The summed E-state index contributed by atoms with van der Waals surface area (Å²) in [6.07, 6.45) is 2.87. The lowest BCUT2D eigenvalue weighted by Crippen LogP contribution is -2.30. The molecule has 0 atom stereocenters. The lowest BCUT2D eigenvalue weighted by molar-refractivity contribution is 0.138. The molecule has 0 unspecified atom stereocenters. The van der Waals surface area contributed by atoms with Gasteiger partial charge >= 0.3 is 0 Å². The van der Waals surface area contributed by atoms with Crippen molar-refractivity contribution in [3.05, 3.63) is 22.9 Å². The third-order valence-corrected chi connectivity index (χ3v) is 4.40. The summed E-state index contributed by atoms with van der Waals surface area (Å²) in [6, 6.07) is 1.53. The molecule has 1 heterocycles. The van der Waals surface area contributed by atoms with Crippen molar-refractivity contribution in [3.8, 4) is 0 Å². The number of hydrogen-bond donors (Lipinski definition) is 0. The Balaban J connectivity index is 2.80. The molecule has 0 aliphatic heterocycles. The molecule has 96 valence electrons. The molecule has 5 nitrogen and oxygen atoms in total. The maximum absolute atomic E-state index is 12.1. The molecule has 0 radical (unpaired) electrons. The van der Waals surface area contributed by atoms with Crippen LogP contribution in [0.15, 0.2) is 27.8 Å². The van der Waals surface area contributed by atoms with Gasteiger partial charge in [0.05, 0.1) is 6.61 Å². The minimum atomic E-state index is -3.48. The predicted molar refractivity (Wildman–Crippen MR) is 68.2 cm³/mol. The molecule has 1 rings (SSSR count). The molecule has 0 amide bonds. The van der Waals surface area contributed by atoms with E-state index < -0.39 is 10.0 Å². The molecule has 0 bridgehead atoms. The Kier molecular flexibility index (Phi) is 5.51. The van der Waals surface area contributed by atoms with Crippen LogP contribution in [0.1, 0.15) is 6.92 Å². The maximum Gasteiger partial charge on any atom is 0.244 e. The highest BCUT2D eigenvalue weighted by Gasteiger charge is 2.20. The van der Waals surface area contributed by atoms with E-state index in [1.807, 2.05) is 6.92 Å². The Hall–Kier alpha value is -0.500. The van der Waals surface area contributed by atoms with E-state index in [4.69, 9.17) is 4.74 Å². The van der Waals surface area contributed by atoms with Crippen LogP contribution in [-0.2, 0) is 14.8 Å². The minimum Gasteiger partial charge on any atom is -0.380 e. The van der Waals surface area contributed by atoms with Crippen LogP contribution in [0, 0.1) is 0 Å². The summed E-state index contributed by atoms with van der Waals surface area (Å²) in [5.41, 5.74) is 0. The van der Waals surface area contributed by atoms with Crippen molar-refractivity contribution in [2.75, 3.05) is 26.8 Å². The van der Waals surface area contributed by atoms with Crippen molar-refractivity contribution in [1.82, 2.24) is 9.29 Å². The van der Waals surface area contributed by atoms with Crippen LogP contribution in [0.3, 0.4) is 0 Å². The molecule has 0 N–H and O–H groups in total. The standard InChI is InChI=1S/C10H15BrN2O3S/c1-3-16-5-4-13(2)17(14,15)10-6-9(11)7-12-8-10/h6-8H,3-5H2,1-2H3. The highest BCUT2D eigenvalue weighted by atomic mass is 79.9. The number of nitrogens with zero attached hydrogens (tertiary/aromatic N) is 2. The zero-order valence-corrected chi connectivity index (χ0v) is 12.2. The van der Waals surface area contributed by atoms with Crippen molar-refractivity contribution in [1.29, 1.82) is 0 Å². The van der Waals surface area contributed by atoms with Crippen LogP contribution in [0.2, 0.25) is 0 Å². The van der Waals surface area contributed by atoms with Gasteiger partial charge in [0, 0.05) is 37.1 Å². The lowest BCUT2D eigenvalue weighted by Gasteiger charge is -2.16. The second-order valence-electron chi connectivity index (χ2n) is 3.36. The van der Waals surface area contributed by atoms with E-state index in [2.05, 4.69) is 20.9 Å². The van der Waals surface area contributed by atoms with Crippen molar-refractivity contribution >= 4 is 26.0 Å². The average Bonchev–Trinajstić information content (AvgIpc) is 2.29. The summed E-state index contributed by atoms with van der Waals surface area (Å²) in [5.74, 6) is 0. The highest BCUT2D eigenvalue weighted by molar-refractivity contribution is 9.10. The number of hydrogen-bond acceptors (Lipinski definition) is 4. The summed E-state index contributed by atoms with van der Waals surface area (Å²) in [7, 11) is -1.96. The second-order valence-corrected chi connectivity index (χ2v) is 6.32. The van der Waals surface area contributed by atoms with Gasteiger partial charge in [-0.2, -0.15) is 4.31 Å². The first kappa shape index (κ1) is 14.6. The number of ether oxygens (including phenoxy) is 1. The summed E-state index contributed by atoms with van der Waals surface area (Å²) >= 11 is 3.20.